The molecule has 4 heteroatoms. The summed E-state index contributed by atoms with van der Waals surface area (Å²) < 4.78 is 31.1. The molecule has 2 fully saturated rings. The zero-order valence-corrected chi connectivity index (χ0v) is 7.61. The van der Waals surface area contributed by atoms with Crippen LogP contribution in [0.15, 0.2) is 0 Å². The van der Waals surface area contributed by atoms with Gasteiger partial charge in [0, 0.05) is 12.0 Å². The summed E-state index contributed by atoms with van der Waals surface area (Å²) in [7, 11) is 0. The summed E-state index contributed by atoms with van der Waals surface area (Å²) in [6.45, 7) is 0.887. The first-order valence-corrected chi connectivity index (χ1v) is 4.83. The first kappa shape index (κ1) is 9.34. The van der Waals surface area contributed by atoms with Gasteiger partial charge < -0.3 is 10.1 Å². The van der Waals surface area contributed by atoms with Crippen LogP contribution in [0.3, 0.4) is 0 Å². The normalized spacial score (nSPS) is 39.2. The van der Waals surface area contributed by atoms with Crippen molar-refractivity contribution in [3.63, 3.8) is 0 Å². The van der Waals surface area contributed by atoms with Crippen LogP contribution >= 0.6 is 0 Å². The molecule has 2 aliphatic rings. The fourth-order valence-corrected chi connectivity index (χ4v) is 2.30. The lowest BCUT2D eigenvalue weighted by molar-refractivity contribution is -0.154. The topological polar surface area (TPSA) is 21.3 Å². The molecular formula is C9H15F2NO. The minimum atomic E-state index is -2.64. The van der Waals surface area contributed by atoms with Crippen LogP contribution in [0.1, 0.15) is 25.7 Å². The van der Waals surface area contributed by atoms with Crippen molar-refractivity contribution in [3.8, 4) is 0 Å². The van der Waals surface area contributed by atoms with Gasteiger partial charge in [0.25, 0.3) is 5.92 Å². The number of ether oxygens (including phenoxy) is 1. The molecule has 13 heavy (non-hydrogen) atoms. The van der Waals surface area contributed by atoms with E-state index in [2.05, 4.69) is 5.32 Å². The van der Waals surface area contributed by atoms with E-state index in [4.69, 9.17) is 4.74 Å². The Kier molecular flexibility index (Phi) is 2.28. The molecule has 0 aromatic carbocycles. The van der Waals surface area contributed by atoms with E-state index in [1.165, 1.54) is 0 Å². The van der Waals surface area contributed by atoms with Gasteiger partial charge in [-0.25, -0.2) is 8.78 Å². The average Bonchev–Trinajstić information content (AvgIpc) is 2.03. The summed E-state index contributed by atoms with van der Waals surface area (Å²) in [6.07, 6.45) is 2.89. The Bertz CT molecular complexity index is 185. The van der Waals surface area contributed by atoms with Crippen LogP contribution in [0.4, 0.5) is 8.78 Å². The van der Waals surface area contributed by atoms with Gasteiger partial charge in [-0.2, -0.15) is 0 Å². The molecule has 0 saturated carbocycles. The molecule has 0 bridgehead atoms. The molecule has 1 atom stereocenters. The number of halogens is 2. The van der Waals surface area contributed by atoms with Gasteiger partial charge in [-0.3, -0.25) is 0 Å². The van der Waals surface area contributed by atoms with Crippen molar-refractivity contribution < 1.29 is 13.5 Å². The third kappa shape index (κ3) is 1.99. The standard InChI is InChI=1S/C9H15F2NO/c10-9(11)5-8(6-13-7-9)3-1-2-4-12-8/h12H,1-7H2. The van der Waals surface area contributed by atoms with Crippen LogP contribution in [-0.2, 0) is 4.74 Å². The highest BCUT2D eigenvalue weighted by Crippen LogP contribution is 2.35. The quantitative estimate of drug-likeness (QED) is 0.627. The van der Waals surface area contributed by atoms with E-state index in [9.17, 15) is 8.78 Å². The predicted octanol–water partition coefficient (Wildman–Crippen LogP) is 1.55. The molecule has 76 valence electrons. The van der Waals surface area contributed by atoms with Crippen LogP contribution in [-0.4, -0.2) is 31.2 Å². The second kappa shape index (κ2) is 3.17. The van der Waals surface area contributed by atoms with E-state index in [0.29, 0.717) is 6.61 Å². The van der Waals surface area contributed by atoms with E-state index >= 15 is 0 Å². The summed E-state index contributed by atoms with van der Waals surface area (Å²) in [5.41, 5.74) is -0.431. The second-order valence-electron chi connectivity index (χ2n) is 4.19. The SMILES string of the molecule is FC1(F)COCC2(CCCCN2)C1. The molecule has 1 N–H and O–H groups in total. The van der Waals surface area contributed by atoms with Gasteiger partial charge in [-0.15, -0.1) is 0 Å². The van der Waals surface area contributed by atoms with E-state index < -0.39 is 18.1 Å². The Morgan fingerprint density at radius 2 is 2.00 bits per heavy atom. The van der Waals surface area contributed by atoms with Crippen molar-refractivity contribution in [1.82, 2.24) is 5.32 Å². The number of alkyl halides is 2. The fraction of sp³-hybridized carbons (Fsp3) is 1.00. The zero-order chi connectivity index (χ0) is 9.36. The van der Waals surface area contributed by atoms with Crippen molar-refractivity contribution >= 4 is 0 Å². The fourth-order valence-electron chi connectivity index (χ4n) is 2.30. The lowest BCUT2D eigenvalue weighted by atomic mass is 9.83. The summed E-state index contributed by atoms with van der Waals surface area (Å²) in [4.78, 5) is 0. The summed E-state index contributed by atoms with van der Waals surface area (Å²) >= 11 is 0. The molecule has 2 heterocycles. The first-order valence-electron chi connectivity index (χ1n) is 4.83. The third-order valence-electron chi connectivity index (χ3n) is 2.87. The Morgan fingerprint density at radius 3 is 2.62 bits per heavy atom. The van der Waals surface area contributed by atoms with E-state index in [1.54, 1.807) is 0 Å². The molecule has 0 radical (unpaired) electrons. The van der Waals surface area contributed by atoms with Gasteiger partial charge in [0.05, 0.1) is 6.61 Å². The summed E-state index contributed by atoms with van der Waals surface area (Å²) in [6, 6.07) is 0. The highest BCUT2D eigenvalue weighted by molar-refractivity contribution is 4.97. The Morgan fingerprint density at radius 1 is 1.15 bits per heavy atom. The Labute approximate surface area is 76.6 Å². The number of rotatable bonds is 0. The van der Waals surface area contributed by atoms with Crippen LogP contribution in [0.5, 0.6) is 0 Å². The van der Waals surface area contributed by atoms with Crippen molar-refractivity contribution in [2.24, 2.45) is 0 Å². The lowest BCUT2D eigenvalue weighted by Crippen LogP contribution is -2.58. The van der Waals surface area contributed by atoms with Crippen LogP contribution < -0.4 is 5.32 Å². The summed E-state index contributed by atoms with van der Waals surface area (Å²) in [5.74, 6) is -2.64. The van der Waals surface area contributed by atoms with Crippen molar-refractivity contribution in [3.05, 3.63) is 0 Å². The van der Waals surface area contributed by atoms with Gasteiger partial charge in [0.2, 0.25) is 0 Å². The maximum absolute atomic E-state index is 13.1. The molecule has 2 saturated heterocycles. The molecule has 1 spiro atoms. The van der Waals surface area contributed by atoms with Gasteiger partial charge in [-0.1, -0.05) is 6.42 Å². The van der Waals surface area contributed by atoms with Crippen molar-refractivity contribution in [2.45, 2.75) is 37.1 Å². The molecule has 0 aromatic rings. The molecule has 0 aromatic heterocycles. The Balaban J connectivity index is 2.04. The van der Waals surface area contributed by atoms with Crippen molar-refractivity contribution in [1.29, 1.82) is 0 Å². The van der Waals surface area contributed by atoms with Gasteiger partial charge in [-0.05, 0) is 19.4 Å². The molecule has 0 amide bonds. The maximum Gasteiger partial charge on any atom is 0.272 e. The first-order chi connectivity index (χ1) is 6.12. The number of nitrogens with one attached hydrogen (secondary N) is 1. The summed E-state index contributed by atoms with van der Waals surface area (Å²) in [5, 5.41) is 3.19. The third-order valence-corrected chi connectivity index (χ3v) is 2.87. The smallest absolute Gasteiger partial charge is 0.272 e. The van der Waals surface area contributed by atoms with E-state index in [0.717, 1.165) is 25.8 Å². The monoisotopic (exact) mass is 191 g/mol. The Hall–Kier alpha value is -0.220. The van der Waals surface area contributed by atoms with Crippen molar-refractivity contribution in [2.75, 3.05) is 19.8 Å². The molecule has 2 rings (SSSR count). The molecular weight excluding hydrogens is 176 g/mol. The lowest BCUT2D eigenvalue weighted by Gasteiger charge is -2.43. The average molecular weight is 191 g/mol. The predicted molar refractivity (Wildman–Crippen MR) is 45.0 cm³/mol. The molecule has 2 aliphatic heterocycles. The molecule has 1 unspecified atom stereocenters. The largest absolute Gasteiger partial charge is 0.373 e. The van der Waals surface area contributed by atoms with Gasteiger partial charge in [0.1, 0.15) is 6.61 Å². The van der Waals surface area contributed by atoms with Gasteiger partial charge >= 0.3 is 0 Å². The van der Waals surface area contributed by atoms with Gasteiger partial charge in [0.15, 0.2) is 0 Å². The number of hydrogen-bond donors (Lipinski definition) is 1. The van der Waals surface area contributed by atoms with E-state index in [1.807, 2.05) is 0 Å². The number of piperidine rings is 1. The minimum absolute atomic E-state index is 0.0556. The number of hydrogen-bond acceptors (Lipinski definition) is 2. The van der Waals surface area contributed by atoms with Crippen LogP contribution in [0.2, 0.25) is 0 Å². The highest BCUT2D eigenvalue weighted by Gasteiger charge is 2.46. The highest BCUT2D eigenvalue weighted by atomic mass is 19.3. The van der Waals surface area contributed by atoms with Crippen LogP contribution in [0, 0.1) is 0 Å². The molecule has 0 aliphatic carbocycles. The van der Waals surface area contributed by atoms with E-state index in [-0.39, 0.29) is 6.42 Å². The minimum Gasteiger partial charge on any atom is -0.373 e. The second-order valence-corrected chi connectivity index (χ2v) is 4.19. The zero-order valence-electron chi connectivity index (χ0n) is 7.61. The molecule has 2 nitrogen and oxygen atoms in total. The maximum atomic E-state index is 13.1. The van der Waals surface area contributed by atoms with Crippen LogP contribution in [0.25, 0.3) is 0 Å².